The molecule has 0 unspecified atom stereocenters. The van der Waals surface area contributed by atoms with Crippen LogP contribution in [0.3, 0.4) is 0 Å². The van der Waals surface area contributed by atoms with Crippen molar-refractivity contribution in [1.82, 2.24) is 29.0 Å². The van der Waals surface area contributed by atoms with Crippen LogP contribution in [0.5, 0.6) is 0 Å². The molecule has 0 saturated carbocycles. The minimum absolute atomic E-state index is 0.183. The van der Waals surface area contributed by atoms with Gasteiger partial charge in [-0.15, -0.1) is 0 Å². The minimum atomic E-state index is -0.183. The molecule has 0 amide bonds. The van der Waals surface area contributed by atoms with E-state index in [9.17, 15) is 4.79 Å². The van der Waals surface area contributed by atoms with Gasteiger partial charge in [-0.1, -0.05) is 23.7 Å². The van der Waals surface area contributed by atoms with Gasteiger partial charge in [0.25, 0.3) is 5.56 Å². The molecule has 0 aliphatic carbocycles. The van der Waals surface area contributed by atoms with Crippen LogP contribution >= 0.6 is 11.6 Å². The third-order valence-corrected chi connectivity index (χ3v) is 5.52. The van der Waals surface area contributed by atoms with E-state index in [2.05, 4.69) is 14.9 Å². The van der Waals surface area contributed by atoms with Crippen molar-refractivity contribution >= 4 is 22.5 Å². The van der Waals surface area contributed by atoms with Crippen LogP contribution in [0.4, 0.5) is 0 Å². The van der Waals surface area contributed by atoms with Crippen molar-refractivity contribution in [3.05, 3.63) is 100 Å². The fourth-order valence-corrected chi connectivity index (χ4v) is 3.89. The van der Waals surface area contributed by atoms with Gasteiger partial charge in [-0.25, -0.2) is 19.5 Å². The minimum Gasteiger partial charge on any atom is -0.303 e. The topological polar surface area (TPSA) is 68.8 Å². The number of rotatable bonds is 5. The molecule has 0 fully saturated rings. The van der Waals surface area contributed by atoms with Gasteiger partial charge in [-0.2, -0.15) is 0 Å². The molecule has 0 saturated heterocycles. The third-order valence-electron chi connectivity index (χ3n) is 5.30. The fraction of sp³-hybridized carbons (Fsp3) is 0.120. The molecule has 33 heavy (non-hydrogen) atoms. The zero-order chi connectivity index (χ0) is 22.9. The Morgan fingerprint density at radius 3 is 2.48 bits per heavy atom. The third kappa shape index (κ3) is 4.04. The number of fused-ring (bicyclic) bond motifs is 1. The lowest BCUT2D eigenvalue weighted by Crippen LogP contribution is -2.22. The molecule has 3 heterocycles. The molecule has 0 spiro atoms. The number of pyridine rings is 1. The van der Waals surface area contributed by atoms with Crippen LogP contribution in [-0.4, -0.2) is 43.1 Å². The summed E-state index contributed by atoms with van der Waals surface area (Å²) in [4.78, 5) is 29.2. The maximum Gasteiger partial charge on any atom is 0.267 e. The molecular formula is C25H21ClN6O. The largest absolute Gasteiger partial charge is 0.303 e. The first kappa shape index (κ1) is 21.1. The average Bonchev–Trinajstić information content (AvgIpc) is 3.27. The van der Waals surface area contributed by atoms with Gasteiger partial charge in [0.2, 0.25) is 0 Å². The predicted molar refractivity (Wildman–Crippen MR) is 130 cm³/mol. The van der Waals surface area contributed by atoms with Crippen LogP contribution in [0.25, 0.3) is 33.8 Å². The molecule has 164 valence electrons. The second-order valence-electron chi connectivity index (χ2n) is 7.93. The Morgan fingerprint density at radius 1 is 0.970 bits per heavy atom. The monoisotopic (exact) mass is 456 g/mol. The van der Waals surface area contributed by atoms with E-state index in [0.717, 1.165) is 23.6 Å². The normalized spacial score (nSPS) is 11.4. The molecule has 0 aliphatic heterocycles. The van der Waals surface area contributed by atoms with Gasteiger partial charge in [0.1, 0.15) is 17.5 Å². The molecule has 0 radical (unpaired) electrons. The number of halogens is 1. The van der Waals surface area contributed by atoms with E-state index in [-0.39, 0.29) is 5.56 Å². The molecule has 0 N–H and O–H groups in total. The summed E-state index contributed by atoms with van der Waals surface area (Å²) in [7, 11) is 4.02. The van der Waals surface area contributed by atoms with Crippen LogP contribution in [0.15, 0.2) is 84.0 Å². The molecule has 0 aliphatic rings. The molecule has 7 nitrogen and oxygen atoms in total. The Labute approximate surface area is 195 Å². The summed E-state index contributed by atoms with van der Waals surface area (Å²) < 4.78 is 3.58. The van der Waals surface area contributed by atoms with E-state index >= 15 is 0 Å². The van der Waals surface area contributed by atoms with E-state index in [1.165, 1.54) is 10.8 Å². The number of hydrogen-bond donors (Lipinski definition) is 0. The highest BCUT2D eigenvalue weighted by molar-refractivity contribution is 6.30. The summed E-state index contributed by atoms with van der Waals surface area (Å²) in [5, 5.41) is 1.03. The Hall–Kier alpha value is -3.81. The van der Waals surface area contributed by atoms with E-state index in [1.807, 2.05) is 67.3 Å². The summed E-state index contributed by atoms with van der Waals surface area (Å²) in [5.41, 5.74) is 2.23. The second kappa shape index (κ2) is 8.61. The highest BCUT2D eigenvalue weighted by Crippen LogP contribution is 2.24. The smallest absolute Gasteiger partial charge is 0.267 e. The lowest BCUT2D eigenvalue weighted by Gasteiger charge is -2.15. The highest BCUT2D eigenvalue weighted by Gasteiger charge is 2.16. The lowest BCUT2D eigenvalue weighted by atomic mass is 10.1. The number of nitrogens with zero attached hydrogens (tertiary/aromatic N) is 6. The van der Waals surface area contributed by atoms with Crippen molar-refractivity contribution in [2.24, 2.45) is 0 Å². The fourth-order valence-electron chi connectivity index (χ4n) is 3.78. The van der Waals surface area contributed by atoms with Crippen molar-refractivity contribution in [1.29, 1.82) is 0 Å². The van der Waals surface area contributed by atoms with Gasteiger partial charge in [-0.05, 0) is 62.6 Å². The van der Waals surface area contributed by atoms with Crippen LogP contribution in [0, 0.1) is 0 Å². The van der Waals surface area contributed by atoms with Crippen LogP contribution in [0.1, 0.15) is 5.82 Å². The van der Waals surface area contributed by atoms with E-state index in [1.54, 1.807) is 24.4 Å². The van der Waals surface area contributed by atoms with Gasteiger partial charge < -0.3 is 9.47 Å². The van der Waals surface area contributed by atoms with E-state index in [0.29, 0.717) is 27.6 Å². The van der Waals surface area contributed by atoms with Crippen LogP contribution in [0.2, 0.25) is 5.02 Å². The SMILES string of the molecule is CN(C)Cc1nccn1-c1ccc(-c2nc3ccccc3c(=O)n2-c2ccc(Cl)cn2)cc1. The van der Waals surface area contributed by atoms with Crippen LogP contribution in [-0.2, 0) is 6.54 Å². The van der Waals surface area contributed by atoms with Gasteiger partial charge in [0.05, 0.1) is 22.5 Å². The predicted octanol–water partition coefficient (Wildman–Crippen LogP) is 4.35. The van der Waals surface area contributed by atoms with Crippen molar-refractivity contribution in [3.8, 4) is 22.9 Å². The zero-order valence-electron chi connectivity index (χ0n) is 18.2. The first-order valence-corrected chi connectivity index (χ1v) is 10.8. The average molecular weight is 457 g/mol. The first-order valence-electron chi connectivity index (χ1n) is 10.4. The summed E-state index contributed by atoms with van der Waals surface area (Å²) in [5.74, 6) is 1.92. The summed E-state index contributed by atoms with van der Waals surface area (Å²) in [6.45, 7) is 0.725. The molecule has 3 aromatic heterocycles. The first-order chi connectivity index (χ1) is 16.0. The molecule has 8 heteroatoms. The number of aromatic nitrogens is 5. The molecular weight excluding hydrogens is 436 g/mol. The number of para-hydroxylation sites is 1. The zero-order valence-corrected chi connectivity index (χ0v) is 18.9. The Balaban J connectivity index is 1.66. The molecule has 0 bridgehead atoms. The molecule has 5 rings (SSSR count). The van der Waals surface area contributed by atoms with Crippen molar-refractivity contribution in [2.75, 3.05) is 14.1 Å². The quantitative estimate of drug-likeness (QED) is 0.393. The van der Waals surface area contributed by atoms with Crippen molar-refractivity contribution in [3.63, 3.8) is 0 Å². The van der Waals surface area contributed by atoms with Crippen molar-refractivity contribution in [2.45, 2.75) is 6.54 Å². The van der Waals surface area contributed by atoms with E-state index in [4.69, 9.17) is 16.6 Å². The summed E-state index contributed by atoms with van der Waals surface area (Å²) in [6.07, 6.45) is 5.26. The Kier molecular flexibility index (Phi) is 5.50. The second-order valence-corrected chi connectivity index (χ2v) is 8.36. The van der Waals surface area contributed by atoms with Crippen LogP contribution < -0.4 is 5.56 Å². The number of benzene rings is 2. The maximum absolute atomic E-state index is 13.4. The van der Waals surface area contributed by atoms with Gasteiger partial charge in [0, 0.05) is 29.8 Å². The summed E-state index contributed by atoms with van der Waals surface area (Å²) >= 11 is 6.03. The highest BCUT2D eigenvalue weighted by atomic mass is 35.5. The Bertz CT molecular complexity index is 1490. The Morgan fingerprint density at radius 2 is 1.76 bits per heavy atom. The number of hydrogen-bond acceptors (Lipinski definition) is 5. The van der Waals surface area contributed by atoms with Gasteiger partial charge in [0.15, 0.2) is 0 Å². The standard InChI is InChI=1S/C25H21ClN6O/c1-30(2)16-23-27-13-14-31(23)19-10-7-17(8-11-19)24-29-21-6-4-3-5-20(21)25(33)32(24)22-12-9-18(26)15-28-22/h3-15H,16H2,1-2H3. The van der Waals surface area contributed by atoms with Crippen molar-refractivity contribution < 1.29 is 0 Å². The van der Waals surface area contributed by atoms with Gasteiger partial charge in [-0.3, -0.25) is 4.79 Å². The lowest BCUT2D eigenvalue weighted by molar-refractivity contribution is 0.388. The number of imidazole rings is 1. The molecule has 5 aromatic rings. The molecule has 0 atom stereocenters. The van der Waals surface area contributed by atoms with E-state index < -0.39 is 0 Å². The van der Waals surface area contributed by atoms with Gasteiger partial charge >= 0.3 is 0 Å². The summed E-state index contributed by atoms with van der Waals surface area (Å²) in [6, 6.07) is 18.7. The maximum atomic E-state index is 13.4. The molecule has 2 aromatic carbocycles.